The van der Waals surface area contributed by atoms with Gasteiger partial charge in [-0.1, -0.05) is 66.3 Å². The van der Waals surface area contributed by atoms with Gasteiger partial charge >= 0.3 is 29.2 Å². The lowest BCUT2D eigenvalue weighted by Crippen LogP contribution is -2.70. The fraction of sp³-hybridized carbons (Fsp3) is 0.523. The monoisotopic (exact) mass is 1250 g/mol. The number of aliphatic hydroxyl groups is 3. The maximum atomic E-state index is 13.8. The Morgan fingerprint density at radius 1 is 0.675 bits per heavy atom. The summed E-state index contributed by atoms with van der Waals surface area (Å²) in [5.41, 5.74) is -3.25. The summed E-state index contributed by atoms with van der Waals surface area (Å²) in [6.07, 6.45) is 7.90. The molecule has 2 aliphatic heterocycles. The Balaban J connectivity index is 0.000000203. The Hall–Kier alpha value is -6.22. The number of carbonyl (C=O) groups is 3. The normalized spacial score (nSPS) is 35.3. The number of pyridine rings is 2. The first-order chi connectivity index (χ1) is 38.7. The van der Waals surface area contributed by atoms with Gasteiger partial charge in [-0.05, 0) is 129 Å². The molecule has 0 radical (unpaired) electrons. The van der Waals surface area contributed by atoms with Gasteiger partial charge in [-0.25, -0.2) is 14.4 Å². The molecule has 0 amide bonds. The average molecular weight is 1250 g/mol. The summed E-state index contributed by atoms with van der Waals surface area (Å²) < 4.78 is 42.2. The van der Waals surface area contributed by atoms with E-state index in [4.69, 9.17) is 32.5 Å². The van der Waals surface area contributed by atoms with E-state index >= 15 is 0 Å². The first-order valence-corrected chi connectivity index (χ1v) is 28.5. The summed E-state index contributed by atoms with van der Waals surface area (Å²) in [5.74, 6) is -1.35. The molecule has 4 aliphatic carbocycles. The zero-order valence-electron chi connectivity index (χ0n) is 48.8. The molecule has 6 aliphatic rings. The fourth-order valence-electron chi connectivity index (χ4n) is 16.2. The topological polar surface area (TPSA) is 244 Å². The van der Waals surface area contributed by atoms with E-state index in [1.165, 1.54) is 13.8 Å². The zero-order chi connectivity index (χ0) is 59.1. The first kappa shape index (κ1) is 61.3. The van der Waals surface area contributed by atoms with Crippen molar-refractivity contribution in [2.75, 3.05) is 13.2 Å². The van der Waals surface area contributed by atoms with Crippen molar-refractivity contribution in [1.29, 1.82) is 0 Å². The molecule has 4 fully saturated rings. The van der Waals surface area contributed by atoms with E-state index in [9.17, 15) is 39.3 Å². The highest BCUT2D eigenvalue weighted by Gasteiger charge is 2.71. The molecule has 3 N–H and O–H groups in total. The molecule has 0 saturated heterocycles. The third kappa shape index (κ3) is 10.3. The van der Waals surface area contributed by atoms with Crippen LogP contribution >= 0.6 is 24.0 Å². The van der Waals surface area contributed by atoms with E-state index in [0.717, 1.165) is 31.2 Å². The molecule has 444 valence electrons. The third-order valence-electron chi connectivity index (χ3n) is 21.0. The molecular weight excluding hydrogens is 1180 g/mol. The van der Waals surface area contributed by atoms with Gasteiger partial charge < -0.3 is 47.8 Å². The van der Waals surface area contributed by atoms with Gasteiger partial charge in [0.15, 0.2) is 0 Å². The molecule has 0 spiro atoms. The Morgan fingerprint density at radius 3 is 1.60 bits per heavy atom. The second kappa shape index (κ2) is 22.7. The summed E-state index contributed by atoms with van der Waals surface area (Å²) in [5, 5.41) is 35.6. The van der Waals surface area contributed by atoms with Crippen LogP contribution in [0.4, 0.5) is 0 Å². The van der Waals surface area contributed by atoms with E-state index in [2.05, 4.69) is 58.1 Å². The standard InChI is InChI=1S/C37H41NO8.C28H35NO7.HI/c1-7-23-10-8-11-24(16-23)33(41)45-29-18-28-35(4,14-13-21(2)36(28,5)20-43-22(3)39)32-31(40)30-27(46-37(29,32)6)17-26(44-34(30)42)25-12-9-15-38-19-25;1-15-8-9-26(3)20(27(15,4)14-34-16(2)30)12-21(31)28(5)24(26)23(32)22-19(36-28)11-18(35-25(22)33)17-7-6-10-29-13-17;/h7-12,15-17,19,21,28-29,31-32,40H,1,13-14,18,20H2,2-6H3;6-7,10-11,13,15,20-21,23-24,31-32H,8-9,12,14H2,1-5H3;1H/t21-,28?,29-,31-,32?,35-,36-,37+;15-,20?,21-,23-,24?,26-,27-,28+;/m00./s1. The number of esters is 3. The van der Waals surface area contributed by atoms with Crippen LogP contribution in [-0.2, 0) is 23.8 Å². The number of hydrogen-bond donors (Lipinski definition) is 3. The molecule has 18 heteroatoms. The molecule has 83 heavy (non-hydrogen) atoms. The molecule has 16 atom stereocenters. The number of fused-ring (bicyclic) bond motifs is 8. The summed E-state index contributed by atoms with van der Waals surface area (Å²) in [7, 11) is 0. The van der Waals surface area contributed by atoms with Crippen molar-refractivity contribution in [2.24, 2.45) is 57.2 Å². The number of benzene rings is 1. The number of aliphatic hydroxyl groups excluding tert-OH is 3. The highest BCUT2D eigenvalue weighted by molar-refractivity contribution is 14.0. The van der Waals surface area contributed by atoms with E-state index < -0.39 is 86.3 Å². The number of rotatable bonds is 9. The van der Waals surface area contributed by atoms with Crippen molar-refractivity contribution < 1.29 is 62.2 Å². The number of hydrogen-bond acceptors (Lipinski definition) is 17. The van der Waals surface area contributed by atoms with Crippen molar-refractivity contribution in [3.05, 3.63) is 135 Å². The van der Waals surface area contributed by atoms with Crippen LogP contribution in [0.3, 0.4) is 0 Å². The molecule has 1 aromatic carbocycles. The van der Waals surface area contributed by atoms with E-state index in [0.29, 0.717) is 29.5 Å². The van der Waals surface area contributed by atoms with Crippen molar-refractivity contribution in [1.82, 2.24) is 9.97 Å². The van der Waals surface area contributed by atoms with Crippen molar-refractivity contribution >= 4 is 48.0 Å². The molecular formula is C65H77IN2O15. The summed E-state index contributed by atoms with van der Waals surface area (Å²) in [6.45, 7) is 23.5. The Labute approximate surface area is 500 Å². The third-order valence-corrected chi connectivity index (χ3v) is 21.0. The Kier molecular flexibility index (Phi) is 16.7. The van der Waals surface area contributed by atoms with Crippen LogP contribution in [0.25, 0.3) is 28.7 Å². The van der Waals surface area contributed by atoms with Crippen LogP contribution in [0.2, 0.25) is 0 Å². The van der Waals surface area contributed by atoms with Crippen LogP contribution in [-0.4, -0.2) is 79.8 Å². The number of ether oxygens (including phenoxy) is 5. The molecule has 4 unspecified atom stereocenters. The maximum absolute atomic E-state index is 13.8. The summed E-state index contributed by atoms with van der Waals surface area (Å²) >= 11 is 0. The molecule has 17 nitrogen and oxygen atoms in total. The molecule has 4 saturated carbocycles. The predicted octanol–water partition coefficient (Wildman–Crippen LogP) is 10.9. The SMILES string of the molecule is C=Cc1cccc(C(=O)O[C@H]2CC3[C@](C)(CC[C@H](C)[C@]3(C)COC(C)=O)C3[C@@H](O)c4c(cc(-c5cccnc5)oc4=O)O[C@@]32C)c1.CC(=O)OC[C@]1(C)C2C[C@H](O)[C@@]3(C)Oc4cc(-c5cccnc5)oc(=O)c4[C@H](O)C3[C@@]2(C)CC[C@@H]1C.I. The van der Waals surface area contributed by atoms with Gasteiger partial charge in [-0.2, -0.15) is 0 Å². The van der Waals surface area contributed by atoms with Crippen molar-refractivity contribution in [2.45, 2.75) is 143 Å². The van der Waals surface area contributed by atoms with E-state index in [1.54, 1.807) is 85.5 Å². The van der Waals surface area contributed by atoms with Gasteiger partial charge in [-0.3, -0.25) is 19.6 Å². The van der Waals surface area contributed by atoms with Crippen LogP contribution in [0, 0.1) is 57.2 Å². The second-order valence-corrected chi connectivity index (χ2v) is 25.5. The highest BCUT2D eigenvalue weighted by atomic mass is 127. The summed E-state index contributed by atoms with van der Waals surface area (Å²) in [6, 6.07) is 17.2. The fourth-order valence-corrected chi connectivity index (χ4v) is 16.2. The number of carbonyl (C=O) groups excluding carboxylic acids is 3. The minimum atomic E-state index is -1.28. The van der Waals surface area contributed by atoms with E-state index in [1.807, 2.05) is 19.9 Å². The van der Waals surface area contributed by atoms with E-state index in [-0.39, 0.29) is 107 Å². The van der Waals surface area contributed by atoms with Gasteiger partial charge in [-0.15, -0.1) is 24.0 Å². The van der Waals surface area contributed by atoms with Gasteiger partial charge in [0.05, 0.1) is 37.1 Å². The van der Waals surface area contributed by atoms with Gasteiger partial charge in [0.25, 0.3) is 0 Å². The molecule has 0 bridgehead atoms. The van der Waals surface area contributed by atoms with Crippen molar-refractivity contribution in [3.8, 4) is 34.1 Å². The van der Waals surface area contributed by atoms with Crippen LogP contribution < -0.4 is 20.7 Å². The first-order valence-electron chi connectivity index (χ1n) is 28.5. The Morgan fingerprint density at radius 2 is 1.14 bits per heavy atom. The second-order valence-electron chi connectivity index (χ2n) is 25.5. The maximum Gasteiger partial charge on any atom is 0.345 e. The average Bonchev–Trinajstić information content (AvgIpc) is 0.800. The van der Waals surface area contributed by atoms with Crippen LogP contribution in [0.1, 0.15) is 147 Å². The molecule has 11 rings (SSSR count). The number of aromatic nitrogens is 2. The minimum Gasteiger partial charge on any atom is -0.484 e. The minimum absolute atomic E-state index is 0. The lowest BCUT2D eigenvalue weighted by atomic mass is 9.41. The molecule has 5 aromatic rings. The smallest absolute Gasteiger partial charge is 0.345 e. The van der Waals surface area contributed by atoms with Crippen LogP contribution in [0.5, 0.6) is 11.5 Å². The largest absolute Gasteiger partial charge is 0.484 e. The van der Waals surface area contributed by atoms with Crippen molar-refractivity contribution in [3.63, 3.8) is 0 Å². The quantitative estimate of drug-likeness (QED) is 0.0705. The molecule has 4 aromatic heterocycles. The summed E-state index contributed by atoms with van der Waals surface area (Å²) in [4.78, 5) is 72.5. The number of halogens is 1. The predicted molar refractivity (Wildman–Crippen MR) is 317 cm³/mol. The van der Waals surface area contributed by atoms with Gasteiger partial charge in [0.2, 0.25) is 0 Å². The lowest BCUT2D eigenvalue weighted by Gasteiger charge is -2.66. The number of nitrogens with zero attached hydrogens (tertiary/aromatic N) is 2. The highest BCUT2D eigenvalue weighted by Crippen LogP contribution is 2.70. The van der Waals surface area contributed by atoms with Crippen LogP contribution in [0.15, 0.2) is 110 Å². The molecule has 6 heterocycles. The zero-order valence-corrected chi connectivity index (χ0v) is 51.2. The van der Waals surface area contributed by atoms with Gasteiger partial charge in [0, 0.05) is 84.6 Å². The van der Waals surface area contributed by atoms with Gasteiger partial charge in [0.1, 0.15) is 51.5 Å². The Bertz CT molecular complexity index is 3410. The lowest BCUT2D eigenvalue weighted by molar-refractivity contribution is -0.257.